The van der Waals surface area contributed by atoms with Gasteiger partial charge in [0.1, 0.15) is 11.5 Å². The lowest BCUT2D eigenvalue weighted by atomic mass is 10.1. The molecule has 1 heterocycles. The van der Waals surface area contributed by atoms with Crippen LogP contribution in [0.4, 0.5) is 4.79 Å². The summed E-state index contributed by atoms with van der Waals surface area (Å²) in [6, 6.07) is 30.3. The van der Waals surface area contributed by atoms with Crippen LogP contribution in [-0.2, 0) is 6.42 Å². The van der Waals surface area contributed by atoms with E-state index >= 15 is 0 Å². The van der Waals surface area contributed by atoms with Crippen molar-refractivity contribution in [1.29, 1.82) is 0 Å². The smallest absolute Gasteiger partial charge is 0.425 e. The Balaban J connectivity index is 1.60. The quantitative estimate of drug-likeness (QED) is 0.314. The molecular weight excluding hydrogens is 352 g/mol. The molecule has 0 fully saturated rings. The Labute approximate surface area is 163 Å². The molecule has 0 bridgehead atoms. The van der Waals surface area contributed by atoms with Crippen LogP contribution in [0.5, 0.6) is 11.7 Å². The van der Waals surface area contributed by atoms with E-state index in [9.17, 15) is 4.79 Å². The topological polar surface area (TPSA) is 48.7 Å². The van der Waals surface area contributed by atoms with Gasteiger partial charge in [0, 0.05) is 17.5 Å². The molecule has 4 heteroatoms. The van der Waals surface area contributed by atoms with Crippen LogP contribution in [-0.4, -0.2) is 6.16 Å². The van der Waals surface area contributed by atoms with Gasteiger partial charge in [-0.25, -0.2) is 4.79 Å². The second-order valence-corrected chi connectivity index (χ2v) is 6.22. The monoisotopic (exact) mass is 370 g/mol. The minimum absolute atomic E-state index is 0.142. The van der Waals surface area contributed by atoms with Crippen molar-refractivity contribution in [3.8, 4) is 23.0 Å². The molecule has 0 aliphatic carbocycles. The molecule has 0 amide bonds. The Kier molecular flexibility index (Phi) is 5.20. The van der Waals surface area contributed by atoms with E-state index in [0.29, 0.717) is 17.9 Å². The fourth-order valence-corrected chi connectivity index (χ4v) is 2.86. The van der Waals surface area contributed by atoms with Crippen molar-refractivity contribution in [3.63, 3.8) is 0 Å². The summed E-state index contributed by atoms with van der Waals surface area (Å²) in [6.07, 6.45) is -0.264. The maximum absolute atomic E-state index is 12.2. The summed E-state index contributed by atoms with van der Waals surface area (Å²) in [5.41, 5.74) is 2.77. The summed E-state index contributed by atoms with van der Waals surface area (Å²) in [4.78, 5) is 12.2. The van der Waals surface area contributed by atoms with Crippen LogP contribution < -0.4 is 9.47 Å². The number of hydrogen-bond donors (Lipinski definition) is 0. The second kappa shape index (κ2) is 8.27. The lowest BCUT2D eigenvalue weighted by molar-refractivity contribution is 0.140. The van der Waals surface area contributed by atoms with E-state index in [4.69, 9.17) is 13.9 Å². The number of benzene rings is 3. The molecule has 0 saturated carbocycles. The highest BCUT2D eigenvalue weighted by Crippen LogP contribution is 2.32. The molecule has 0 N–H and O–H groups in total. The van der Waals surface area contributed by atoms with Crippen LogP contribution in [0.3, 0.4) is 0 Å². The maximum Gasteiger partial charge on any atom is 0.521 e. The van der Waals surface area contributed by atoms with Gasteiger partial charge in [0.2, 0.25) is 0 Å². The molecule has 0 aliphatic rings. The standard InChI is InChI=1S/C24H18O4/c25-24(26-21-14-8-3-9-15-21)28-23-20(16-18-10-4-1-5-11-18)17-22(27-23)19-12-6-2-7-13-19/h1-15,17H,16H2. The zero-order valence-corrected chi connectivity index (χ0v) is 15.1. The number of para-hydroxylation sites is 1. The molecular formula is C24H18O4. The lowest BCUT2D eigenvalue weighted by Gasteiger charge is -2.05. The Morgan fingerprint density at radius 3 is 2.04 bits per heavy atom. The van der Waals surface area contributed by atoms with Crippen LogP contribution in [0.15, 0.2) is 101 Å². The first-order valence-corrected chi connectivity index (χ1v) is 8.95. The minimum Gasteiger partial charge on any atom is -0.425 e. The highest BCUT2D eigenvalue weighted by molar-refractivity contribution is 5.68. The second-order valence-electron chi connectivity index (χ2n) is 6.22. The number of rotatable bonds is 5. The van der Waals surface area contributed by atoms with Gasteiger partial charge in [0.15, 0.2) is 0 Å². The van der Waals surface area contributed by atoms with Crippen molar-refractivity contribution >= 4 is 6.16 Å². The first-order chi connectivity index (χ1) is 13.8. The van der Waals surface area contributed by atoms with Crippen molar-refractivity contribution in [1.82, 2.24) is 0 Å². The summed E-state index contributed by atoms with van der Waals surface area (Å²) in [5, 5.41) is 0. The van der Waals surface area contributed by atoms with E-state index in [1.54, 1.807) is 24.3 Å². The predicted octanol–water partition coefficient (Wildman–Crippen LogP) is 6.12. The van der Waals surface area contributed by atoms with E-state index in [1.165, 1.54) is 0 Å². The fourth-order valence-electron chi connectivity index (χ4n) is 2.86. The third-order valence-electron chi connectivity index (χ3n) is 4.19. The summed E-state index contributed by atoms with van der Waals surface area (Å²) in [6.45, 7) is 0. The number of carbonyl (C=O) groups is 1. The molecule has 0 radical (unpaired) electrons. The zero-order valence-electron chi connectivity index (χ0n) is 15.1. The molecule has 0 unspecified atom stereocenters. The van der Waals surface area contributed by atoms with Crippen molar-refractivity contribution in [2.75, 3.05) is 0 Å². The van der Waals surface area contributed by atoms with Crippen molar-refractivity contribution < 1.29 is 18.7 Å². The summed E-state index contributed by atoms with van der Waals surface area (Å²) < 4.78 is 16.5. The van der Waals surface area contributed by atoms with Gasteiger partial charge in [-0.15, -0.1) is 0 Å². The Bertz CT molecular complexity index is 1040. The van der Waals surface area contributed by atoms with Gasteiger partial charge >= 0.3 is 6.16 Å². The number of ether oxygens (including phenoxy) is 2. The number of hydrogen-bond acceptors (Lipinski definition) is 4. The molecule has 28 heavy (non-hydrogen) atoms. The van der Waals surface area contributed by atoms with Gasteiger partial charge in [-0.1, -0.05) is 78.9 Å². The average molecular weight is 370 g/mol. The first kappa shape index (κ1) is 17.6. The van der Waals surface area contributed by atoms with E-state index in [0.717, 1.165) is 16.7 Å². The minimum atomic E-state index is -0.838. The molecule has 138 valence electrons. The number of furan rings is 1. The van der Waals surface area contributed by atoms with E-state index < -0.39 is 6.16 Å². The van der Waals surface area contributed by atoms with Crippen LogP contribution in [0, 0.1) is 0 Å². The van der Waals surface area contributed by atoms with Crippen LogP contribution in [0.2, 0.25) is 0 Å². The lowest BCUT2D eigenvalue weighted by Crippen LogP contribution is -2.14. The Morgan fingerprint density at radius 2 is 1.36 bits per heavy atom. The molecule has 0 spiro atoms. The molecule has 0 aliphatic heterocycles. The molecule has 1 aromatic heterocycles. The maximum atomic E-state index is 12.2. The molecule has 0 atom stereocenters. The van der Waals surface area contributed by atoms with Crippen molar-refractivity contribution in [3.05, 3.63) is 108 Å². The van der Waals surface area contributed by atoms with Crippen molar-refractivity contribution in [2.24, 2.45) is 0 Å². The number of carbonyl (C=O) groups excluding carboxylic acids is 1. The van der Waals surface area contributed by atoms with Gasteiger partial charge in [0.05, 0.1) is 0 Å². The Morgan fingerprint density at radius 1 is 0.750 bits per heavy atom. The van der Waals surface area contributed by atoms with E-state index in [2.05, 4.69) is 0 Å². The molecule has 4 rings (SSSR count). The Hall–Kier alpha value is -3.79. The summed E-state index contributed by atoms with van der Waals surface area (Å²) in [5.74, 6) is 1.18. The van der Waals surface area contributed by atoms with Gasteiger partial charge in [-0.05, 0) is 23.8 Å². The van der Waals surface area contributed by atoms with Gasteiger partial charge < -0.3 is 13.9 Å². The largest absolute Gasteiger partial charge is 0.521 e. The normalized spacial score (nSPS) is 10.4. The van der Waals surface area contributed by atoms with Gasteiger partial charge in [0.25, 0.3) is 5.95 Å². The highest BCUT2D eigenvalue weighted by Gasteiger charge is 2.19. The van der Waals surface area contributed by atoms with E-state index in [1.807, 2.05) is 72.8 Å². The van der Waals surface area contributed by atoms with E-state index in [-0.39, 0.29) is 5.95 Å². The average Bonchev–Trinajstić information content (AvgIpc) is 3.12. The van der Waals surface area contributed by atoms with Crippen LogP contribution in [0.1, 0.15) is 11.1 Å². The van der Waals surface area contributed by atoms with Crippen LogP contribution >= 0.6 is 0 Å². The third kappa shape index (κ3) is 4.30. The SMILES string of the molecule is O=C(Oc1ccccc1)Oc1oc(-c2ccccc2)cc1Cc1ccccc1. The third-order valence-corrected chi connectivity index (χ3v) is 4.19. The summed E-state index contributed by atoms with van der Waals surface area (Å²) in [7, 11) is 0. The molecule has 4 nitrogen and oxygen atoms in total. The van der Waals surface area contributed by atoms with Crippen LogP contribution in [0.25, 0.3) is 11.3 Å². The van der Waals surface area contributed by atoms with Crippen molar-refractivity contribution in [2.45, 2.75) is 6.42 Å². The zero-order chi connectivity index (χ0) is 19.2. The predicted molar refractivity (Wildman–Crippen MR) is 106 cm³/mol. The fraction of sp³-hybridized carbons (Fsp3) is 0.0417. The molecule has 4 aromatic rings. The highest BCUT2D eigenvalue weighted by atomic mass is 16.8. The van der Waals surface area contributed by atoms with Gasteiger partial charge in [-0.2, -0.15) is 0 Å². The molecule has 0 saturated heterocycles. The van der Waals surface area contributed by atoms with Gasteiger partial charge in [-0.3, -0.25) is 0 Å². The first-order valence-electron chi connectivity index (χ1n) is 8.95. The summed E-state index contributed by atoms with van der Waals surface area (Å²) >= 11 is 0. The molecule has 3 aromatic carbocycles.